The summed E-state index contributed by atoms with van der Waals surface area (Å²) in [5.41, 5.74) is 0. The predicted octanol–water partition coefficient (Wildman–Crippen LogP) is 1.93. The summed E-state index contributed by atoms with van der Waals surface area (Å²) < 4.78 is 27.4. The number of halogens is 2. The second-order valence-corrected chi connectivity index (χ2v) is 4.93. The number of aromatic nitrogens is 1. The molecule has 1 aliphatic rings. The van der Waals surface area contributed by atoms with Crippen molar-refractivity contribution in [2.75, 3.05) is 43.4 Å². The summed E-state index contributed by atoms with van der Waals surface area (Å²) in [5, 5.41) is 2.81. The van der Waals surface area contributed by atoms with Gasteiger partial charge in [0.2, 0.25) is 0 Å². The summed E-state index contributed by atoms with van der Waals surface area (Å²) in [6, 6.07) is 1.23. The van der Waals surface area contributed by atoms with Crippen molar-refractivity contribution in [3.05, 3.63) is 17.7 Å². The number of nitrogens with zero attached hydrogens (tertiary/aromatic N) is 3. The van der Waals surface area contributed by atoms with E-state index in [-0.39, 0.29) is 11.6 Å². The molecule has 2 rings (SSSR count). The molecule has 1 aliphatic heterocycles. The van der Waals surface area contributed by atoms with Crippen molar-refractivity contribution < 1.29 is 8.78 Å². The van der Waals surface area contributed by atoms with Crippen molar-refractivity contribution in [1.29, 1.82) is 0 Å². The first-order chi connectivity index (χ1) is 9.02. The monoisotopic (exact) mass is 270 g/mol. The topological polar surface area (TPSA) is 31.4 Å². The molecule has 1 N–H and O–H groups in total. The molecular weight excluding hydrogens is 250 g/mol. The first kappa shape index (κ1) is 14.0. The fraction of sp³-hybridized carbons (Fsp3) is 0.615. The maximum absolute atomic E-state index is 13.9. The molecule has 1 saturated heterocycles. The highest BCUT2D eigenvalue weighted by Crippen LogP contribution is 2.24. The molecule has 106 valence electrons. The van der Waals surface area contributed by atoms with Crippen LogP contribution in [0.3, 0.4) is 0 Å². The second kappa shape index (κ2) is 5.69. The minimum Gasteiger partial charge on any atom is -0.368 e. The molecule has 1 aromatic heterocycles. The van der Waals surface area contributed by atoms with Gasteiger partial charge in [-0.05, 0) is 20.9 Å². The largest absolute Gasteiger partial charge is 0.368 e. The van der Waals surface area contributed by atoms with Crippen LogP contribution in [0.2, 0.25) is 0 Å². The molecule has 0 saturated carbocycles. The molecule has 1 aromatic rings. The Hall–Kier alpha value is -1.43. The standard InChI is InChI=1S/C13H20F2N4/c1-4-16-12-10(14)7-11(15)13(17-12)19-6-5-18(3)9(2)8-19/h7,9H,4-6,8H2,1-3H3,(H,16,17). The minimum absolute atomic E-state index is 0.116. The molecule has 1 atom stereocenters. The summed E-state index contributed by atoms with van der Waals surface area (Å²) in [6.45, 7) is 6.71. The molecule has 1 unspecified atom stereocenters. The van der Waals surface area contributed by atoms with E-state index in [4.69, 9.17) is 0 Å². The van der Waals surface area contributed by atoms with Crippen LogP contribution < -0.4 is 10.2 Å². The van der Waals surface area contributed by atoms with E-state index in [0.29, 0.717) is 25.7 Å². The molecule has 19 heavy (non-hydrogen) atoms. The van der Waals surface area contributed by atoms with Gasteiger partial charge >= 0.3 is 0 Å². The van der Waals surface area contributed by atoms with Gasteiger partial charge in [0.25, 0.3) is 0 Å². The lowest BCUT2D eigenvalue weighted by atomic mass is 10.2. The van der Waals surface area contributed by atoms with Crippen LogP contribution in [0.25, 0.3) is 0 Å². The summed E-state index contributed by atoms with van der Waals surface area (Å²) in [6.07, 6.45) is 0. The molecule has 1 fully saturated rings. The van der Waals surface area contributed by atoms with E-state index in [2.05, 4.69) is 22.1 Å². The fourth-order valence-corrected chi connectivity index (χ4v) is 2.21. The first-order valence-electron chi connectivity index (χ1n) is 6.58. The zero-order chi connectivity index (χ0) is 14.0. The normalized spacial score (nSPS) is 20.7. The summed E-state index contributed by atoms with van der Waals surface area (Å²) in [5.74, 6) is -0.899. The predicted molar refractivity (Wildman–Crippen MR) is 72.6 cm³/mol. The average Bonchev–Trinajstić information content (AvgIpc) is 2.36. The number of hydrogen-bond donors (Lipinski definition) is 1. The molecule has 0 aromatic carbocycles. The quantitative estimate of drug-likeness (QED) is 0.909. The van der Waals surface area contributed by atoms with Crippen LogP contribution in [-0.2, 0) is 0 Å². The Morgan fingerprint density at radius 1 is 1.37 bits per heavy atom. The maximum Gasteiger partial charge on any atom is 0.168 e. The number of nitrogens with one attached hydrogen (secondary N) is 1. The minimum atomic E-state index is -0.648. The zero-order valence-corrected chi connectivity index (χ0v) is 11.6. The van der Waals surface area contributed by atoms with E-state index in [9.17, 15) is 8.78 Å². The highest BCUT2D eigenvalue weighted by Gasteiger charge is 2.24. The first-order valence-corrected chi connectivity index (χ1v) is 6.58. The number of anilines is 2. The summed E-state index contributed by atoms with van der Waals surface area (Å²) in [7, 11) is 2.04. The lowest BCUT2D eigenvalue weighted by molar-refractivity contribution is 0.232. The lowest BCUT2D eigenvalue weighted by Crippen LogP contribution is -2.50. The van der Waals surface area contributed by atoms with Crippen LogP contribution in [0, 0.1) is 11.6 Å². The molecule has 2 heterocycles. The molecule has 0 aliphatic carbocycles. The third-order valence-corrected chi connectivity index (χ3v) is 3.51. The van der Waals surface area contributed by atoms with Gasteiger partial charge in [-0.15, -0.1) is 0 Å². The van der Waals surface area contributed by atoms with Crippen LogP contribution in [0.1, 0.15) is 13.8 Å². The van der Waals surface area contributed by atoms with E-state index in [0.717, 1.165) is 12.6 Å². The third-order valence-electron chi connectivity index (χ3n) is 3.51. The van der Waals surface area contributed by atoms with Crippen molar-refractivity contribution in [1.82, 2.24) is 9.88 Å². The average molecular weight is 270 g/mol. The van der Waals surface area contributed by atoms with Crippen molar-refractivity contribution in [3.63, 3.8) is 0 Å². The Kier molecular flexibility index (Phi) is 4.19. The van der Waals surface area contributed by atoms with Gasteiger partial charge in [-0.2, -0.15) is 0 Å². The van der Waals surface area contributed by atoms with Gasteiger partial charge < -0.3 is 15.1 Å². The Bertz CT molecular complexity index is 453. The number of piperazine rings is 1. The number of rotatable bonds is 3. The maximum atomic E-state index is 13.9. The van der Waals surface area contributed by atoms with Crippen LogP contribution in [-0.4, -0.2) is 49.2 Å². The second-order valence-electron chi connectivity index (χ2n) is 4.93. The van der Waals surface area contributed by atoms with E-state index >= 15 is 0 Å². The van der Waals surface area contributed by atoms with E-state index in [1.54, 1.807) is 0 Å². The van der Waals surface area contributed by atoms with Crippen LogP contribution in [0.5, 0.6) is 0 Å². The summed E-state index contributed by atoms with van der Waals surface area (Å²) >= 11 is 0. The molecule has 0 amide bonds. The molecule has 0 bridgehead atoms. The van der Waals surface area contributed by atoms with Gasteiger partial charge in [0, 0.05) is 38.3 Å². The third kappa shape index (κ3) is 2.94. The van der Waals surface area contributed by atoms with Crippen molar-refractivity contribution in [2.24, 2.45) is 0 Å². The molecular formula is C13H20F2N4. The van der Waals surface area contributed by atoms with E-state index in [1.807, 2.05) is 18.9 Å². The van der Waals surface area contributed by atoms with Crippen LogP contribution in [0.4, 0.5) is 20.4 Å². The molecule has 4 nitrogen and oxygen atoms in total. The van der Waals surface area contributed by atoms with E-state index in [1.165, 1.54) is 0 Å². The Labute approximate surface area is 112 Å². The summed E-state index contributed by atoms with van der Waals surface area (Å²) in [4.78, 5) is 8.18. The Balaban J connectivity index is 2.26. The Morgan fingerprint density at radius 2 is 2.11 bits per heavy atom. The van der Waals surface area contributed by atoms with Gasteiger partial charge in [-0.3, -0.25) is 0 Å². The SMILES string of the molecule is CCNc1nc(N2CCN(C)C(C)C2)c(F)cc1F. The van der Waals surface area contributed by atoms with Gasteiger partial charge in [-0.25, -0.2) is 13.8 Å². The molecule has 0 spiro atoms. The molecule has 0 radical (unpaired) electrons. The van der Waals surface area contributed by atoms with Gasteiger partial charge in [0.15, 0.2) is 23.3 Å². The lowest BCUT2D eigenvalue weighted by Gasteiger charge is -2.38. The van der Waals surface area contributed by atoms with Gasteiger partial charge in [0.1, 0.15) is 0 Å². The van der Waals surface area contributed by atoms with Crippen LogP contribution >= 0.6 is 0 Å². The van der Waals surface area contributed by atoms with Gasteiger partial charge in [0.05, 0.1) is 0 Å². The number of hydrogen-bond acceptors (Lipinski definition) is 4. The van der Waals surface area contributed by atoms with E-state index < -0.39 is 11.6 Å². The van der Waals surface area contributed by atoms with Crippen molar-refractivity contribution in [2.45, 2.75) is 19.9 Å². The zero-order valence-electron chi connectivity index (χ0n) is 11.6. The fourth-order valence-electron chi connectivity index (χ4n) is 2.21. The molecule has 6 heteroatoms. The number of likely N-dealkylation sites (N-methyl/N-ethyl adjacent to an activating group) is 1. The number of pyridine rings is 1. The highest BCUT2D eigenvalue weighted by molar-refractivity contribution is 5.49. The Morgan fingerprint density at radius 3 is 2.74 bits per heavy atom. The van der Waals surface area contributed by atoms with Crippen LogP contribution in [0.15, 0.2) is 6.07 Å². The smallest absolute Gasteiger partial charge is 0.168 e. The van der Waals surface area contributed by atoms with Crippen molar-refractivity contribution >= 4 is 11.6 Å². The van der Waals surface area contributed by atoms with Gasteiger partial charge in [-0.1, -0.05) is 0 Å². The highest BCUT2D eigenvalue weighted by atomic mass is 19.1. The van der Waals surface area contributed by atoms with Crippen molar-refractivity contribution in [3.8, 4) is 0 Å².